The Hall–Kier alpha value is -2.87. The number of fused-ring (bicyclic) bond motifs is 1. The molecule has 1 amide bonds. The molecule has 8 nitrogen and oxygen atoms in total. The predicted molar refractivity (Wildman–Crippen MR) is 113 cm³/mol. The van der Waals surface area contributed by atoms with Gasteiger partial charge in [-0.05, 0) is 51.8 Å². The van der Waals surface area contributed by atoms with Gasteiger partial charge in [0.2, 0.25) is 0 Å². The summed E-state index contributed by atoms with van der Waals surface area (Å²) in [6, 6.07) is 2.05. The summed E-state index contributed by atoms with van der Waals surface area (Å²) in [6.45, 7) is 7.90. The van der Waals surface area contributed by atoms with E-state index >= 15 is 0 Å². The first-order chi connectivity index (χ1) is 14.0. The smallest absolute Gasteiger partial charge is 0.273 e. The molecule has 0 spiro atoms. The van der Waals surface area contributed by atoms with Gasteiger partial charge >= 0.3 is 0 Å². The Balaban J connectivity index is 1.77. The second-order valence-electron chi connectivity index (χ2n) is 7.44. The van der Waals surface area contributed by atoms with Crippen LogP contribution in [0.5, 0.6) is 5.75 Å². The summed E-state index contributed by atoms with van der Waals surface area (Å²) in [5.74, 6) is 0.527. The van der Waals surface area contributed by atoms with Gasteiger partial charge in [-0.1, -0.05) is 0 Å². The zero-order valence-electron chi connectivity index (χ0n) is 17.2. The summed E-state index contributed by atoms with van der Waals surface area (Å²) >= 11 is 0. The molecular weight excluding hydrogens is 370 g/mol. The highest BCUT2D eigenvalue weighted by Crippen LogP contribution is 2.27. The maximum atomic E-state index is 12.4. The van der Waals surface area contributed by atoms with E-state index in [0.717, 1.165) is 37.4 Å². The summed E-state index contributed by atoms with van der Waals surface area (Å²) < 4.78 is 13.0. The zero-order valence-corrected chi connectivity index (χ0v) is 17.2. The number of anilines is 1. The maximum Gasteiger partial charge on any atom is 0.273 e. The van der Waals surface area contributed by atoms with Crippen LogP contribution in [0.1, 0.15) is 32.9 Å². The first kappa shape index (κ1) is 20.9. The lowest BCUT2D eigenvalue weighted by atomic mass is 10.0. The number of rotatable bonds is 9. The third kappa shape index (κ3) is 5.57. The van der Waals surface area contributed by atoms with Gasteiger partial charge in [-0.15, -0.1) is 0 Å². The highest BCUT2D eigenvalue weighted by molar-refractivity contribution is 6.46. The van der Waals surface area contributed by atoms with Crippen molar-refractivity contribution in [2.75, 3.05) is 25.1 Å². The van der Waals surface area contributed by atoms with E-state index in [9.17, 15) is 4.79 Å². The molecule has 0 aliphatic carbocycles. The van der Waals surface area contributed by atoms with Crippen molar-refractivity contribution >= 4 is 23.0 Å². The van der Waals surface area contributed by atoms with Gasteiger partial charge < -0.3 is 24.5 Å². The van der Waals surface area contributed by atoms with Crippen LogP contribution in [0.2, 0.25) is 0 Å². The van der Waals surface area contributed by atoms with Crippen LogP contribution in [0, 0.1) is 11.3 Å². The molecule has 0 radical (unpaired) electrons. The average Bonchev–Trinajstić information content (AvgIpc) is 3.31. The van der Waals surface area contributed by atoms with Crippen molar-refractivity contribution in [1.29, 1.82) is 5.41 Å². The molecule has 29 heavy (non-hydrogen) atoms. The van der Waals surface area contributed by atoms with Gasteiger partial charge in [0.05, 0.1) is 12.3 Å². The van der Waals surface area contributed by atoms with Crippen LogP contribution in [-0.4, -0.2) is 46.9 Å². The van der Waals surface area contributed by atoms with Crippen molar-refractivity contribution < 1.29 is 14.3 Å². The minimum Gasteiger partial charge on any atom is -0.491 e. The van der Waals surface area contributed by atoms with Gasteiger partial charge in [-0.3, -0.25) is 10.2 Å². The molecule has 2 aromatic rings. The van der Waals surface area contributed by atoms with Gasteiger partial charge in [-0.25, -0.2) is 4.98 Å². The number of aromatic nitrogens is 2. The maximum absolute atomic E-state index is 12.4. The fraction of sp³-hybridized carbons (Fsp3) is 0.476. The van der Waals surface area contributed by atoms with Crippen molar-refractivity contribution in [3.8, 4) is 5.75 Å². The number of nitrogens with one attached hydrogen (secondary N) is 3. The fourth-order valence-electron chi connectivity index (χ4n) is 3.16. The molecule has 1 atom stereocenters. The van der Waals surface area contributed by atoms with Crippen molar-refractivity contribution in [1.82, 2.24) is 14.7 Å². The zero-order chi connectivity index (χ0) is 20.8. The number of pyridine rings is 1. The van der Waals surface area contributed by atoms with Gasteiger partial charge in [0.1, 0.15) is 22.8 Å². The Labute approximate surface area is 170 Å². The summed E-state index contributed by atoms with van der Waals surface area (Å²) in [5, 5.41) is 13.7. The molecule has 1 fully saturated rings. The molecule has 3 heterocycles. The predicted octanol–water partition coefficient (Wildman–Crippen LogP) is 2.78. The van der Waals surface area contributed by atoms with Crippen LogP contribution < -0.4 is 15.4 Å². The van der Waals surface area contributed by atoms with Crippen LogP contribution in [0.25, 0.3) is 5.65 Å². The molecule has 0 bridgehead atoms. The number of nitrogens with zero attached hydrogens (tertiary/aromatic N) is 2. The normalized spacial score (nSPS) is 16.6. The third-order valence-electron chi connectivity index (χ3n) is 4.60. The van der Waals surface area contributed by atoms with Crippen molar-refractivity contribution in [3.63, 3.8) is 0 Å². The number of carbonyl (C=O) groups is 1. The van der Waals surface area contributed by atoms with Crippen LogP contribution in [-0.2, 0) is 16.0 Å². The summed E-state index contributed by atoms with van der Waals surface area (Å²) in [7, 11) is 0. The Kier molecular flexibility index (Phi) is 6.87. The molecule has 1 aliphatic heterocycles. The molecule has 3 N–H and O–H groups in total. The van der Waals surface area contributed by atoms with E-state index in [-0.39, 0.29) is 11.8 Å². The minimum atomic E-state index is -0.504. The van der Waals surface area contributed by atoms with Crippen LogP contribution in [0.3, 0.4) is 0 Å². The van der Waals surface area contributed by atoms with E-state index in [1.165, 1.54) is 6.08 Å². The topological polar surface area (TPSA) is 101 Å². The second-order valence-corrected chi connectivity index (χ2v) is 7.44. The highest BCUT2D eigenvalue weighted by atomic mass is 16.5. The van der Waals surface area contributed by atoms with E-state index in [1.807, 2.05) is 37.4 Å². The van der Waals surface area contributed by atoms with Crippen LogP contribution in [0.15, 0.2) is 30.7 Å². The molecule has 8 heteroatoms. The molecule has 0 aromatic carbocycles. The summed E-state index contributed by atoms with van der Waals surface area (Å²) in [4.78, 5) is 17.1. The second kappa shape index (κ2) is 9.56. The molecule has 2 aromatic heterocycles. The van der Waals surface area contributed by atoms with E-state index < -0.39 is 5.91 Å². The standard InChI is InChI=1S/C21H29N5O3/c1-4-29-19-10-20-24-16(9-15-6-8-28-13-15)11-26(20)12-18(19)25-21(27)17(22)5-7-23-14(2)3/h5,7,10-12,14-15,22-23H,4,6,8-9,13H2,1-3H3,(H,25,27)/b7-5-,22-17?. The molecular formula is C21H29N5O3. The number of carbonyl (C=O) groups excluding carboxylic acids is 1. The first-order valence-electron chi connectivity index (χ1n) is 10.0. The number of amides is 1. The number of hydrogen-bond donors (Lipinski definition) is 3. The molecule has 3 rings (SSSR count). The molecule has 156 valence electrons. The van der Waals surface area contributed by atoms with Crippen molar-refractivity contribution in [2.24, 2.45) is 5.92 Å². The van der Waals surface area contributed by atoms with Gasteiger partial charge in [0.15, 0.2) is 0 Å². The Morgan fingerprint density at radius 3 is 3.00 bits per heavy atom. The number of imidazole rings is 1. The van der Waals surface area contributed by atoms with E-state index in [0.29, 0.717) is 24.0 Å². The molecule has 0 saturated carbocycles. The van der Waals surface area contributed by atoms with Crippen LogP contribution in [0.4, 0.5) is 5.69 Å². The summed E-state index contributed by atoms with van der Waals surface area (Å²) in [5.41, 5.74) is 2.11. The van der Waals surface area contributed by atoms with Crippen molar-refractivity contribution in [3.05, 3.63) is 36.4 Å². The Morgan fingerprint density at radius 1 is 1.48 bits per heavy atom. The molecule has 1 saturated heterocycles. The fourth-order valence-corrected chi connectivity index (χ4v) is 3.16. The van der Waals surface area contributed by atoms with Crippen molar-refractivity contribution in [2.45, 2.75) is 39.7 Å². The Morgan fingerprint density at radius 2 is 2.31 bits per heavy atom. The van der Waals surface area contributed by atoms with Crippen LogP contribution >= 0.6 is 0 Å². The number of ether oxygens (including phenoxy) is 2. The largest absolute Gasteiger partial charge is 0.491 e. The quantitative estimate of drug-likeness (QED) is 0.563. The Bertz CT molecular complexity index is 897. The monoisotopic (exact) mass is 399 g/mol. The van der Waals surface area contributed by atoms with E-state index in [4.69, 9.17) is 14.9 Å². The third-order valence-corrected chi connectivity index (χ3v) is 4.60. The van der Waals surface area contributed by atoms with Gasteiger partial charge in [-0.2, -0.15) is 0 Å². The lowest BCUT2D eigenvalue weighted by molar-refractivity contribution is -0.110. The average molecular weight is 399 g/mol. The first-order valence-corrected chi connectivity index (χ1v) is 10.0. The summed E-state index contributed by atoms with van der Waals surface area (Å²) in [6.07, 6.45) is 8.72. The van der Waals surface area contributed by atoms with E-state index in [2.05, 4.69) is 15.6 Å². The lowest BCUT2D eigenvalue weighted by Crippen LogP contribution is -2.22. The number of hydrogen-bond acceptors (Lipinski definition) is 6. The molecule has 1 aliphatic rings. The molecule has 1 unspecified atom stereocenters. The van der Waals surface area contributed by atoms with Gasteiger partial charge in [0, 0.05) is 37.7 Å². The van der Waals surface area contributed by atoms with Gasteiger partial charge in [0.25, 0.3) is 5.91 Å². The van der Waals surface area contributed by atoms with E-state index in [1.54, 1.807) is 12.4 Å². The SMILES string of the molecule is CCOc1cc2nc(CC3CCOC3)cn2cc1NC(=O)C(=N)/C=C\NC(C)C. The lowest BCUT2D eigenvalue weighted by Gasteiger charge is -2.12. The minimum absolute atomic E-state index is 0.145. The highest BCUT2D eigenvalue weighted by Gasteiger charge is 2.19.